The van der Waals surface area contributed by atoms with Gasteiger partial charge in [0.2, 0.25) is 0 Å². The molecular formula is C23H45NO2. The molecule has 0 aliphatic heterocycles. The third-order valence-corrected chi connectivity index (χ3v) is 4.60. The van der Waals surface area contributed by atoms with Gasteiger partial charge in [-0.3, -0.25) is 4.79 Å². The second-order valence-corrected chi connectivity index (χ2v) is 7.90. The van der Waals surface area contributed by atoms with Gasteiger partial charge >= 0.3 is 5.97 Å². The molecule has 26 heavy (non-hydrogen) atoms. The Bertz CT molecular complexity index is 339. The lowest BCUT2D eigenvalue weighted by atomic mass is 10.1. The Kier molecular flexibility index (Phi) is 18.3. The zero-order chi connectivity index (χ0) is 19.5. The van der Waals surface area contributed by atoms with Crippen LogP contribution >= 0.6 is 0 Å². The van der Waals surface area contributed by atoms with Crippen LogP contribution in [0.1, 0.15) is 104 Å². The van der Waals surface area contributed by atoms with E-state index >= 15 is 0 Å². The minimum atomic E-state index is -0.0445. The number of esters is 1. The zero-order valence-corrected chi connectivity index (χ0v) is 18.1. The summed E-state index contributed by atoms with van der Waals surface area (Å²) < 4.78 is 5.39. The lowest BCUT2D eigenvalue weighted by molar-refractivity contribution is -0.148. The fraction of sp³-hybridized carbons (Fsp3) is 0.870. The standard InChI is InChI=1S/C23H45NO2/c1-5-6-7-8-9-10-11-12-13-14-15-16-17-18-19-20-23(25)26-22(2)21-24(3)4/h12-13,22H,5-11,14-21H2,1-4H3. The number of likely N-dealkylation sites (N-methyl/N-ethyl adjacent to an activating group) is 1. The Labute approximate surface area is 163 Å². The van der Waals surface area contributed by atoms with E-state index in [-0.39, 0.29) is 12.1 Å². The van der Waals surface area contributed by atoms with Crippen molar-refractivity contribution in [2.75, 3.05) is 20.6 Å². The van der Waals surface area contributed by atoms with Gasteiger partial charge < -0.3 is 9.64 Å². The zero-order valence-electron chi connectivity index (χ0n) is 18.1. The number of carbonyl (C=O) groups excluding carboxylic acids is 1. The summed E-state index contributed by atoms with van der Waals surface area (Å²) in [7, 11) is 3.99. The van der Waals surface area contributed by atoms with E-state index in [0.29, 0.717) is 6.42 Å². The fourth-order valence-corrected chi connectivity index (χ4v) is 3.17. The third kappa shape index (κ3) is 19.5. The van der Waals surface area contributed by atoms with Crippen molar-refractivity contribution in [1.82, 2.24) is 4.90 Å². The van der Waals surface area contributed by atoms with Gasteiger partial charge in [0.25, 0.3) is 0 Å². The smallest absolute Gasteiger partial charge is 0.306 e. The molecule has 0 aromatic rings. The molecule has 0 rings (SSSR count). The summed E-state index contributed by atoms with van der Waals surface area (Å²) in [6.07, 6.45) is 21.9. The summed E-state index contributed by atoms with van der Waals surface area (Å²) in [4.78, 5) is 13.8. The number of rotatable bonds is 18. The van der Waals surface area contributed by atoms with E-state index in [2.05, 4.69) is 19.1 Å². The molecule has 0 amide bonds. The van der Waals surface area contributed by atoms with Gasteiger partial charge in [-0.25, -0.2) is 0 Å². The maximum absolute atomic E-state index is 11.7. The number of unbranched alkanes of at least 4 members (excludes halogenated alkanes) is 11. The number of ether oxygens (including phenoxy) is 1. The number of allylic oxidation sites excluding steroid dienone is 2. The molecule has 3 heteroatoms. The van der Waals surface area contributed by atoms with Gasteiger partial charge in [-0.15, -0.1) is 0 Å². The second-order valence-electron chi connectivity index (χ2n) is 7.90. The average molecular weight is 368 g/mol. The van der Waals surface area contributed by atoms with Crippen LogP contribution in [0.15, 0.2) is 12.2 Å². The Morgan fingerprint density at radius 3 is 1.88 bits per heavy atom. The summed E-state index contributed by atoms with van der Waals surface area (Å²) in [5, 5.41) is 0. The molecule has 0 aliphatic rings. The van der Waals surface area contributed by atoms with Gasteiger partial charge in [0.1, 0.15) is 6.10 Å². The van der Waals surface area contributed by atoms with Crippen molar-refractivity contribution in [3.8, 4) is 0 Å². The molecule has 0 saturated heterocycles. The Morgan fingerprint density at radius 2 is 1.35 bits per heavy atom. The van der Waals surface area contributed by atoms with Crippen molar-refractivity contribution in [3.05, 3.63) is 12.2 Å². The van der Waals surface area contributed by atoms with E-state index < -0.39 is 0 Å². The van der Waals surface area contributed by atoms with E-state index in [1.807, 2.05) is 25.9 Å². The first-order valence-electron chi connectivity index (χ1n) is 11.1. The van der Waals surface area contributed by atoms with Gasteiger partial charge in [-0.2, -0.15) is 0 Å². The molecule has 0 spiro atoms. The molecule has 0 aliphatic carbocycles. The number of nitrogens with zero attached hydrogens (tertiary/aromatic N) is 1. The van der Waals surface area contributed by atoms with Crippen LogP contribution in [0.3, 0.4) is 0 Å². The summed E-state index contributed by atoms with van der Waals surface area (Å²) >= 11 is 0. The van der Waals surface area contributed by atoms with Crippen molar-refractivity contribution in [2.24, 2.45) is 0 Å². The summed E-state index contributed by atoms with van der Waals surface area (Å²) in [5.41, 5.74) is 0. The topological polar surface area (TPSA) is 29.5 Å². The minimum Gasteiger partial charge on any atom is -0.461 e. The molecule has 0 radical (unpaired) electrons. The lowest BCUT2D eigenvalue weighted by Crippen LogP contribution is -2.27. The van der Waals surface area contributed by atoms with Crippen molar-refractivity contribution in [1.29, 1.82) is 0 Å². The number of hydrogen-bond acceptors (Lipinski definition) is 3. The fourth-order valence-electron chi connectivity index (χ4n) is 3.17. The molecule has 154 valence electrons. The highest BCUT2D eigenvalue weighted by Crippen LogP contribution is 2.10. The molecule has 0 bridgehead atoms. The molecule has 1 atom stereocenters. The largest absolute Gasteiger partial charge is 0.461 e. The monoisotopic (exact) mass is 367 g/mol. The molecule has 0 fully saturated rings. The van der Waals surface area contributed by atoms with Crippen molar-refractivity contribution < 1.29 is 9.53 Å². The van der Waals surface area contributed by atoms with Crippen molar-refractivity contribution in [2.45, 2.75) is 110 Å². The summed E-state index contributed by atoms with van der Waals surface area (Å²) in [5.74, 6) is -0.0445. The molecule has 0 aromatic heterocycles. The van der Waals surface area contributed by atoms with Gasteiger partial charge in [0.05, 0.1) is 0 Å². The van der Waals surface area contributed by atoms with Crippen LogP contribution in [0.5, 0.6) is 0 Å². The van der Waals surface area contributed by atoms with Gasteiger partial charge in [-0.05, 0) is 53.1 Å². The number of hydrogen-bond donors (Lipinski definition) is 0. The van der Waals surface area contributed by atoms with Crippen LogP contribution in [0, 0.1) is 0 Å². The SMILES string of the molecule is CCCCCCCCC=CCCCCCCCC(=O)OC(C)CN(C)C. The van der Waals surface area contributed by atoms with Crippen LogP contribution in [0.2, 0.25) is 0 Å². The van der Waals surface area contributed by atoms with E-state index in [1.54, 1.807) is 0 Å². The highest BCUT2D eigenvalue weighted by atomic mass is 16.5. The van der Waals surface area contributed by atoms with Crippen LogP contribution in [0.25, 0.3) is 0 Å². The molecular weight excluding hydrogens is 322 g/mol. The lowest BCUT2D eigenvalue weighted by Gasteiger charge is -2.17. The Morgan fingerprint density at radius 1 is 0.846 bits per heavy atom. The van der Waals surface area contributed by atoms with Crippen LogP contribution in [0.4, 0.5) is 0 Å². The van der Waals surface area contributed by atoms with Crippen LogP contribution in [-0.2, 0) is 9.53 Å². The van der Waals surface area contributed by atoms with Gasteiger partial charge in [0.15, 0.2) is 0 Å². The van der Waals surface area contributed by atoms with Crippen LogP contribution < -0.4 is 0 Å². The maximum atomic E-state index is 11.7. The summed E-state index contributed by atoms with van der Waals surface area (Å²) in [6.45, 7) is 5.01. The minimum absolute atomic E-state index is 0.0133. The van der Waals surface area contributed by atoms with Gasteiger partial charge in [0, 0.05) is 13.0 Å². The van der Waals surface area contributed by atoms with E-state index in [0.717, 1.165) is 19.4 Å². The van der Waals surface area contributed by atoms with Crippen molar-refractivity contribution >= 4 is 5.97 Å². The quantitative estimate of drug-likeness (QED) is 0.157. The molecule has 0 heterocycles. The molecule has 1 unspecified atom stereocenters. The normalized spacial score (nSPS) is 12.8. The molecule has 0 N–H and O–H groups in total. The predicted molar refractivity (Wildman–Crippen MR) is 114 cm³/mol. The van der Waals surface area contributed by atoms with Crippen molar-refractivity contribution in [3.63, 3.8) is 0 Å². The van der Waals surface area contributed by atoms with E-state index in [9.17, 15) is 4.79 Å². The molecule has 3 nitrogen and oxygen atoms in total. The maximum Gasteiger partial charge on any atom is 0.306 e. The molecule has 0 saturated carbocycles. The first kappa shape index (κ1) is 25.2. The molecule has 0 aromatic carbocycles. The van der Waals surface area contributed by atoms with Crippen LogP contribution in [-0.4, -0.2) is 37.6 Å². The highest BCUT2D eigenvalue weighted by molar-refractivity contribution is 5.69. The second kappa shape index (κ2) is 18.9. The Balaban J connectivity index is 3.30. The first-order valence-corrected chi connectivity index (χ1v) is 11.1. The number of carbonyl (C=O) groups is 1. The first-order chi connectivity index (χ1) is 12.6. The highest BCUT2D eigenvalue weighted by Gasteiger charge is 2.09. The predicted octanol–water partition coefficient (Wildman–Crippen LogP) is 6.52. The van der Waals surface area contributed by atoms with E-state index in [1.165, 1.54) is 70.6 Å². The Hall–Kier alpha value is -0.830. The average Bonchev–Trinajstić information content (AvgIpc) is 2.57. The van der Waals surface area contributed by atoms with Gasteiger partial charge in [-0.1, -0.05) is 70.4 Å². The third-order valence-electron chi connectivity index (χ3n) is 4.60. The summed E-state index contributed by atoms with van der Waals surface area (Å²) in [6, 6.07) is 0. The van der Waals surface area contributed by atoms with E-state index in [4.69, 9.17) is 4.74 Å².